The fourth-order valence-corrected chi connectivity index (χ4v) is 8.21. The normalized spacial score (nSPS) is 12.9. The molecule has 0 bridgehead atoms. The van der Waals surface area contributed by atoms with Crippen LogP contribution in [0.25, 0.3) is 93.6 Å². The third kappa shape index (κ3) is 3.46. The Bertz CT molecular complexity index is 2720. The van der Waals surface area contributed by atoms with E-state index in [9.17, 15) is 0 Å². The van der Waals surface area contributed by atoms with Crippen LogP contribution in [0, 0.1) is 0 Å². The van der Waals surface area contributed by atoms with Crippen LogP contribution >= 0.6 is 0 Å². The molecule has 11 rings (SSSR count). The van der Waals surface area contributed by atoms with Gasteiger partial charge in [0.1, 0.15) is 22.3 Å². The van der Waals surface area contributed by atoms with Gasteiger partial charge < -0.3 is 13.4 Å². The van der Waals surface area contributed by atoms with E-state index in [0.29, 0.717) is 0 Å². The van der Waals surface area contributed by atoms with Crippen LogP contribution in [-0.4, -0.2) is 4.57 Å². The molecular formula is C44H27NO2. The first-order chi connectivity index (χ1) is 23.3. The Kier molecular flexibility index (Phi) is 4.95. The van der Waals surface area contributed by atoms with E-state index >= 15 is 0 Å². The fraction of sp³-hybridized carbons (Fsp3) is 0.0455. The predicted octanol–water partition coefficient (Wildman–Crippen LogP) is 12.0. The number of nitrogens with zero attached hydrogens (tertiary/aromatic N) is 1. The predicted molar refractivity (Wildman–Crippen MR) is 194 cm³/mol. The second kappa shape index (κ2) is 9.24. The van der Waals surface area contributed by atoms with Gasteiger partial charge in [-0.3, -0.25) is 0 Å². The van der Waals surface area contributed by atoms with Crippen LogP contribution < -0.4 is 0 Å². The first-order valence-electron chi connectivity index (χ1n) is 16.3. The molecule has 0 saturated carbocycles. The highest BCUT2D eigenvalue weighted by Gasteiger charge is 2.25. The van der Waals surface area contributed by atoms with E-state index in [0.717, 1.165) is 73.5 Å². The average molecular weight is 602 g/mol. The highest BCUT2D eigenvalue weighted by atomic mass is 16.3. The Balaban J connectivity index is 1.23. The summed E-state index contributed by atoms with van der Waals surface area (Å²) in [5.41, 5.74) is 14.8. The summed E-state index contributed by atoms with van der Waals surface area (Å²) in [4.78, 5) is 0. The molecule has 0 spiro atoms. The molecule has 0 unspecified atom stereocenters. The Morgan fingerprint density at radius 2 is 0.894 bits per heavy atom. The number of hydrogen-bond acceptors (Lipinski definition) is 2. The highest BCUT2D eigenvalue weighted by Crippen LogP contribution is 2.46. The lowest BCUT2D eigenvalue weighted by molar-refractivity contribution is 0.669. The molecule has 220 valence electrons. The van der Waals surface area contributed by atoms with Gasteiger partial charge in [-0.25, -0.2) is 0 Å². The second-order valence-electron chi connectivity index (χ2n) is 12.8. The van der Waals surface area contributed by atoms with E-state index in [4.69, 9.17) is 8.83 Å². The van der Waals surface area contributed by atoms with E-state index in [2.05, 4.69) is 132 Å². The lowest BCUT2D eigenvalue weighted by Crippen LogP contribution is -2.00. The van der Waals surface area contributed by atoms with Crippen molar-refractivity contribution >= 4 is 65.7 Å². The molecule has 47 heavy (non-hydrogen) atoms. The molecule has 3 nitrogen and oxygen atoms in total. The fourth-order valence-electron chi connectivity index (χ4n) is 8.21. The number of hydrogen-bond donors (Lipinski definition) is 0. The molecule has 0 saturated heterocycles. The smallest absolute Gasteiger partial charge is 0.143 e. The van der Waals surface area contributed by atoms with Gasteiger partial charge >= 0.3 is 0 Å². The molecule has 1 aliphatic rings. The number of benzene rings is 7. The maximum absolute atomic E-state index is 6.52. The molecule has 3 heterocycles. The van der Waals surface area contributed by atoms with Crippen LogP contribution in [0.5, 0.6) is 0 Å². The molecule has 0 amide bonds. The van der Waals surface area contributed by atoms with Crippen LogP contribution in [0.4, 0.5) is 0 Å². The van der Waals surface area contributed by atoms with E-state index < -0.39 is 0 Å². The maximum atomic E-state index is 6.52. The number of para-hydroxylation sites is 5. The van der Waals surface area contributed by atoms with Crippen LogP contribution in [0.3, 0.4) is 0 Å². The van der Waals surface area contributed by atoms with E-state index in [-0.39, 0.29) is 0 Å². The van der Waals surface area contributed by atoms with Crippen LogP contribution in [0.15, 0.2) is 148 Å². The molecule has 0 radical (unpaired) electrons. The summed E-state index contributed by atoms with van der Waals surface area (Å²) in [6.45, 7) is 0. The summed E-state index contributed by atoms with van der Waals surface area (Å²) < 4.78 is 15.5. The molecule has 0 N–H and O–H groups in total. The molecule has 0 fully saturated rings. The van der Waals surface area contributed by atoms with Crippen molar-refractivity contribution in [3.8, 4) is 27.9 Å². The van der Waals surface area contributed by atoms with Crippen molar-refractivity contribution in [1.29, 1.82) is 0 Å². The van der Waals surface area contributed by atoms with Crippen molar-refractivity contribution in [2.45, 2.75) is 12.8 Å². The van der Waals surface area contributed by atoms with Crippen molar-refractivity contribution in [1.82, 2.24) is 4.57 Å². The monoisotopic (exact) mass is 601 g/mol. The van der Waals surface area contributed by atoms with Crippen molar-refractivity contribution in [3.63, 3.8) is 0 Å². The lowest BCUT2D eigenvalue weighted by Gasteiger charge is -2.16. The van der Waals surface area contributed by atoms with E-state index in [1.165, 1.54) is 44.1 Å². The minimum Gasteiger partial charge on any atom is -0.455 e. The molecule has 3 heteroatoms. The van der Waals surface area contributed by atoms with Crippen molar-refractivity contribution in [2.24, 2.45) is 0 Å². The van der Waals surface area contributed by atoms with Crippen molar-refractivity contribution < 1.29 is 8.83 Å². The number of aryl methyl sites for hydroxylation is 2. The van der Waals surface area contributed by atoms with Gasteiger partial charge in [-0.15, -0.1) is 0 Å². The molecule has 10 aromatic rings. The van der Waals surface area contributed by atoms with Gasteiger partial charge in [0.2, 0.25) is 0 Å². The third-order valence-electron chi connectivity index (χ3n) is 10.2. The zero-order valence-corrected chi connectivity index (χ0v) is 25.5. The largest absolute Gasteiger partial charge is 0.455 e. The minimum atomic E-state index is 0.924. The Hall–Kier alpha value is -6.06. The molecule has 0 aliphatic heterocycles. The van der Waals surface area contributed by atoms with Crippen LogP contribution in [-0.2, 0) is 12.8 Å². The van der Waals surface area contributed by atoms with E-state index in [1.807, 2.05) is 12.1 Å². The molecule has 1 aliphatic carbocycles. The van der Waals surface area contributed by atoms with Crippen LogP contribution in [0.2, 0.25) is 0 Å². The third-order valence-corrected chi connectivity index (χ3v) is 10.2. The minimum absolute atomic E-state index is 0.924. The summed E-state index contributed by atoms with van der Waals surface area (Å²) in [7, 11) is 0. The zero-order valence-electron chi connectivity index (χ0n) is 25.5. The first-order valence-corrected chi connectivity index (χ1v) is 16.3. The summed E-state index contributed by atoms with van der Waals surface area (Å²) >= 11 is 0. The molecule has 3 aromatic heterocycles. The number of rotatable bonds is 3. The number of aromatic nitrogens is 1. The van der Waals surface area contributed by atoms with Gasteiger partial charge in [0, 0.05) is 49.1 Å². The Morgan fingerprint density at radius 3 is 1.43 bits per heavy atom. The number of furan rings is 2. The van der Waals surface area contributed by atoms with Gasteiger partial charge in [-0.1, -0.05) is 103 Å². The molecular weight excluding hydrogens is 574 g/mol. The Labute approximate surface area is 269 Å². The summed E-state index contributed by atoms with van der Waals surface area (Å²) in [5, 5.41) is 7.34. The quantitative estimate of drug-likeness (QED) is 0.202. The topological polar surface area (TPSA) is 31.2 Å². The van der Waals surface area contributed by atoms with E-state index in [1.54, 1.807) is 0 Å². The SMILES string of the molecule is c1ccc(-n2c3cc(-c4cccc5c4oc4ccccc45)cc4c3c3c(cc(-c5cccc6c5oc5ccccc56)cc32)CC4)cc1. The first kappa shape index (κ1) is 25.2. The molecule has 7 aromatic carbocycles. The Morgan fingerprint density at radius 1 is 0.426 bits per heavy atom. The van der Waals surface area contributed by atoms with Crippen LogP contribution in [0.1, 0.15) is 11.1 Å². The summed E-state index contributed by atoms with van der Waals surface area (Å²) in [5.74, 6) is 0. The van der Waals surface area contributed by atoms with Gasteiger partial charge in [0.05, 0.1) is 11.0 Å². The maximum Gasteiger partial charge on any atom is 0.143 e. The lowest BCUT2D eigenvalue weighted by atomic mass is 9.87. The number of fused-ring (bicyclic) bond motifs is 6. The average Bonchev–Trinajstić information content (AvgIpc) is 3.80. The highest BCUT2D eigenvalue weighted by molar-refractivity contribution is 6.17. The van der Waals surface area contributed by atoms with Gasteiger partial charge in [0.25, 0.3) is 0 Å². The van der Waals surface area contributed by atoms with Crippen molar-refractivity contribution in [3.05, 3.63) is 151 Å². The summed E-state index contributed by atoms with van der Waals surface area (Å²) in [6.07, 6.45) is 1.97. The van der Waals surface area contributed by atoms with Gasteiger partial charge in [0.15, 0.2) is 0 Å². The standard InChI is InChI=1S/C44H27NO2/c1-2-10-30(11-3-1)45-37-24-28(31-14-8-16-35-33-12-4-6-18-39(33)46-43(31)35)22-26-20-21-27-23-29(25-38(45)42(27)41(26)37)32-15-9-17-36-34-13-5-7-19-40(34)47-44(32)36/h1-19,22-25H,20-21H2. The van der Waals surface area contributed by atoms with Gasteiger partial charge in [-0.05, 0) is 71.5 Å². The van der Waals surface area contributed by atoms with Crippen molar-refractivity contribution in [2.75, 3.05) is 0 Å². The second-order valence-corrected chi connectivity index (χ2v) is 12.8. The summed E-state index contributed by atoms with van der Waals surface area (Å²) in [6, 6.07) is 50.1. The van der Waals surface area contributed by atoms with Gasteiger partial charge in [-0.2, -0.15) is 0 Å². The molecule has 0 atom stereocenters. The zero-order chi connectivity index (χ0) is 30.6.